The summed E-state index contributed by atoms with van der Waals surface area (Å²) in [6.07, 6.45) is 2.10. The third-order valence-corrected chi connectivity index (χ3v) is 3.83. The summed E-state index contributed by atoms with van der Waals surface area (Å²) < 4.78 is 0. The number of rotatable bonds is 3. The summed E-state index contributed by atoms with van der Waals surface area (Å²) in [6.45, 7) is 1.92. The predicted octanol–water partition coefficient (Wildman–Crippen LogP) is 4.62. The summed E-state index contributed by atoms with van der Waals surface area (Å²) in [4.78, 5) is 16.9. The maximum absolute atomic E-state index is 12.6. The summed E-state index contributed by atoms with van der Waals surface area (Å²) in [6, 6.07) is 15.2. The molecule has 2 aromatic carbocycles. The molecule has 2 nitrogen and oxygen atoms in total. The third kappa shape index (κ3) is 2.81. The van der Waals surface area contributed by atoms with E-state index in [2.05, 4.69) is 4.98 Å². The van der Waals surface area contributed by atoms with Crippen LogP contribution in [0, 0.1) is 6.92 Å². The molecule has 3 heteroatoms. The number of pyridine rings is 1. The van der Waals surface area contributed by atoms with Crippen LogP contribution in [-0.2, 0) is 6.42 Å². The highest BCUT2D eigenvalue weighted by molar-refractivity contribution is 6.31. The summed E-state index contributed by atoms with van der Waals surface area (Å²) >= 11 is 6.00. The van der Waals surface area contributed by atoms with Crippen molar-refractivity contribution in [3.05, 3.63) is 76.4 Å². The number of aryl methyl sites for hydroxylation is 1. The van der Waals surface area contributed by atoms with Gasteiger partial charge in [-0.1, -0.05) is 35.9 Å². The number of carbonyl (C=O) groups excluding carboxylic acids is 1. The lowest BCUT2D eigenvalue weighted by atomic mass is 9.97. The van der Waals surface area contributed by atoms with Crippen LogP contribution in [0.5, 0.6) is 0 Å². The first-order chi connectivity index (χ1) is 10.1. The van der Waals surface area contributed by atoms with Gasteiger partial charge in [0, 0.05) is 28.6 Å². The molecule has 3 aromatic rings. The molecule has 0 fully saturated rings. The monoisotopic (exact) mass is 295 g/mol. The number of benzene rings is 2. The van der Waals surface area contributed by atoms with Gasteiger partial charge in [0.2, 0.25) is 0 Å². The average Bonchev–Trinajstić information content (AvgIpc) is 2.50. The number of carbonyl (C=O) groups is 1. The molecule has 0 aliphatic carbocycles. The van der Waals surface area contributed by atoms with Gasteiger partial charge in [-0.2, -0.15) is 0 Å². The zero-order chi connectivity index (χ0) is 14.8. The summed E-state index contributed by atoms with van der Waals surface area (Å²) in [5, 5.41) is 1.61. The first kappa shape index (κ1) is 13.8. The molecule has 21 heavy (non-hydrogen) atoms. The Bertz CT molecular complexity index is 821. The fourth-order valence-corrected chi connectivity index (χ4v) is 2.64. The second kappa shape index (κ2) is 5.66. The maximum Gasteiger partial charge on any atom is 0.167 e. The van der Waals surface area contributed by atoms with Gasteiger partial charge in [-0.25, -0.2) is 0 Å². The number of nitrogens with zero attached hydrogens (tertiary/aromatic N) is 1. The number of halogens is 1. The van der Waals surface area contributed by atoms with Crippen molar-refractivity contribution in [1.29, 1.82) is 0 Å². The number of Topliss-reactive ketones (excluding diaryl/α,β-unsaturated/α-hetero) is 1. The second-order valence-electron chi connectivity index (χ2n) is 5.05. The molecule has 0 N–H and O–H groups in total. The molecule has 0 saturated heterocycles. The highest BCUT2D eigenvalue weighted by atomic mass is 35.5. The van der Waals surface area contributed by atoms with Gasteiger partial charge in [0.25, 0.3) is 0 Å². The Balaban J connectivity index is 1.99. The van der Waals surface area contributed by atoms with Gasteiger partial charge in [-0.05, 0) is 42.3 Å². The van der Waals surface area contributed by atoms with Crippen molar-refractivity contribution < 1.29 is 4.79 Å². The van der Waals surface area contributed by atoms with Crippen LogP contribution >= 0.6 is 11.6 Å². The van der Waals surface area contributed by atoms with E-state index in [9.17, 15) is 4.79 Å². The molecule has 0 aliphatic rings. The fraction of sp³-hybridized carbons (Fsp3) is 0.111. The predicted molar refractivity (Wildman–Crippen MR) is 86.0 cm³/mol. The van der Waals surface area contributed by atoms with Gasteiger partial charge < -0.3 is 0 Å². The number of aromatic nitrogens is 1. The molecule has 0 amide bonds. The first-order valence-electron chi connectivity index (χ1n) is 6.77. The SMILES string of the molecule is Cc1ccc(Cl)cc1C(=O)Cc1ccnc2ccccc12. The summed E-state index contributed by atoms with van der Waals surface area (Å²) in [5.74, 6) is 0.0753. The molecule has 1 aromatic heterocycles. The number of fused-ring (bicyclic) bond motifs is 1. The molecule has 1 heterocycles. The van der Waals surface area contributed by atoms with E-state index < -0.39 is 0 Å². The van der Waals surface area contributed by atoms with Crippen molar-refractivity contribution in [3.8, 4) is 0 Å². The Labute approximate surface area is 128 Å². The van der Waals surface area contributed by atoms with E-state index in [1.54, 1.807) is 18.3 Å². The van der Waals surface area contributed by atoms with E-state index in [1.165, 1.54) is 0 Å². The normalized spacial score (nSPS) is 10.8. The minimum Gasteiger partial charge on any atom is -0.294 e. The van der Waals surface area contributed by atoms with Crippen molar-refractivity contribution in [2.75, 3.05) is 0 Å². The molecule has 0 spiro atoms. The highest BCUT2D eigenvalue weighted by Gasteiger charge is 2.12. The highest BCUT2D eigenvalue weighted by Crippen LogP contribution is 2.21. The van der Waals surface area contributed by atoms with Crippen LogP contribution in [0.3, 0.4) is 0 Å². The minimum atomic E-state index is 0.0753. The number of hydrogen-bond donors (Lipinski definition) is 0. The van der Waals surface area contributed by atoms with Gasteiger partial charge in [0.15, 0.2) is 5.78 Å². The lowest BCUT2D eigenvalue weighted by Crippen LogP contribution is -2.06. The largest absolute Gasteiger partial charge is 0.294 e. The van der Waals surface area contributed by atoms with Crippen molar-refractivity contribution >= 4 is 28.3 Å². The molecule has 0 radical (unpaired) electrons. The smallest absolute Gasteiger partial charge is 0.167 e. The molecule has 0 saturated carbocycles. The Morgan fingerprint density at radius 2 is 1.95 bits per heavy atom. The summed E-state index contributed by atoms with van der Waals surface area (Å²) in [5.41, 5.74) is 3.53. The van der Waals surface area contributed by atoms with Crippen molar-refractivity contribution in [3.63, 3.8) is 0 Å². The Morgan fingerprint density at radius 3 is 2.81 bits per heavy atom. The van der Waals surface area contributed by atoms with Crippen molar-refractivity contribution in [2.45, 2.75) is 13.3 Å². The molecule has 3 rings (SSSR count). The van der Waals surface area contributed by atoms with Crippen LogP contribution < -0.4 is 0 Å². The van der Waals surface area contributed by atoms with E-state index in [-0.39, 0.29) is 5.78 Å². The molecule has 0 aliphatic heterocycles. The van der Waals surface area contributed by atoms with Crippen LogP contribution in [0.15, 0.2) is 54.7 Å². The van der Waals surface area contributed by atoms with Gasteiger partial charge in [0.1, 0.15) is 0 Å². The van der Waals surface area contributed by atoms with E-state index in [0.717, 1.165) is 22.0 Å². The topological polar surface area (TPSA) is 30.0 Å². The van der Waals surface area contributed by atoms with Crippen LogP contribution in [0.1, 0.15) is 21.5 Å². The zero-order valence-corrected chi connectivity index (χ0v) is 12.4. The quantitative estimate of drug-likeness (QED) is 0.660. The lowest BCUT2D eigenvalue weighted by Gasteiger charge is -2.08. The van der Waals surface area contributed by atoms with Crippen LogP contribution in [0.2, 0.25) is 5.02 Å². The minimum absolute atomic E-state index is 0.0753. The van der Waals surface area contributed by atoms with E-state index in [1.807, 2.05) is 43.3 Å². The maximum atomic E-state index is 12.6. The Kier molecular flexibility index (Phi) is 3.72. The van der Waals surface area contributed by atoms with Crippen LogP contribution in [0.25, 0.3) is 10.9 Å². The standard InChI is InChI=1S/C18H14ClNO/c1-12-6-7-14(19)11-16(12)18(21)10-13-8-9-20-17-5-3-2-4-15(13)17/h2-9,11H,10H2,1H3. The van der Waals surface area contributed by atoms with E-state index >= 15 is 0 Å². The number of para-hydroxylation sites is 1. The summed E-state index contributed by atoms with van der Waals surface area (Å²) in [7, 11) is 0. The molecule has 104 valence electrons. The number of ketones is 1. The van der Waals surface area contributed by atoms with Gasteiger partial charge >= 0.3 is 0 Å². The van der Waals surface area contributed by atoms with Crippen molar-refractivity contribution in [1.82, 2.24) is 4.98 Å². The second-order valence-corrected chi connectivity index (χ2v) is 5.48. The Morgan fingerprint density at radius 1 is 1.14 bits per heavy atom. The van der Waals surface area contributed by atoms with Gasteiger partial charge in [0.05, 0.1) is 5.52 Å². The molecular weight excluding hydrogens is 282 g/mol. The van der Waals surface area contributed by atoms with Crippen LogP contribution in [0.4, 0.5) is 0 Å². The van der Waals surface area contributed by atoms with E-state index in [0.29, 0.717) is 17.0 Å². The Hall–Kier alpha value is -2.19. The lowest BCUT2D eigenvalue weighted by molar-refractivity contribution is 0.0992. The number of hydrogen-bond acceptors (Lipinski definition) is 2. The zero-order valence-electron chi connectivity index (χ0n) is 11.6. The van der Waals surface area contributed by atoms with Gasteiger partial charge in [-0.3, -0.25) is 9.78 Å². The average molecular weight is 296 g/mol. The third-order valence-electron chi connectivity index (χ3n) is 3.59. The van der Waals surface area contributed by atoms with Crippen LogP contribution in [-0.4, -0.2) is 10.8 Å². The van der Waals surface area contributed by atoms with E-state index in [4.69, 9.17) is 11.6 Å². The first-order valence-corrected chi connectivity index (χ1v) is 7.15. The fourth-order valence-electron chi connectivity index (χ4n) is 2.47. The molecule has 0 atom stereocenters. The molecule has 0 bridgehead atoms. The van der Waals surface area contributed by atoms with Crippen molar-refractivity contribution in [2.24, 2.45) is 0 Å². The molecular formula is C18H14ClNO. The van der Waals surface area contributed by atoms with Gasteiger partial charge in [-0.15, -0.1) is 0 Å². The molecule has 0 unspecified atom stereocenters.